The van der Waals surface area contributed by atoms with E-state index in [-0.39, 0.29) is 6.54 Å². The highest BCUT2D eigenvalue weighted by molar-refractivity contribution is 5.94. The maximum atomic E-state index is 12.3. The van der Waals surface area contributed by atoms with E-state index in [1.165, 1.54) is 14.2 Å². The number of anilines is 1. The fourth-order valence-corrected chi connectivity index (χ4v) is 2.39. The number of pyridine rings is 1. The highest BCUT2D eigenvalue weighted by atomic mass is 16.6. The number of methoxy groups -OCH3 is 1. The number of rotatable bonds is 7. The van der Waals surface area contributed by atoms with Gasteiger partial charge in [0.25, 0.3) is 11.2 Å². The van der Waals surface area contributed by atoms with Gasteiger partial charge in [-0.25, -0.2) is 0 Å². The van der Waals surface area contributed by atoms with Crippen molar-refractivity contribution in [2.24, 2.45) is 0 Å². The normalized spacial score (nSPS) is 9.97. The molecule has 0 spiro atoms. The van der Waals surface area contributed by atoms with Gasteiger partial charge in [-0.1, -0.05) is 6.07 Å². The molecule has 0 unspecified atom stereocenters. The molecule has 0 fully saturated rings. The van der Waals surface area contributed by atoms with Crippen molar-refractivity contribution in [3.8, 4) is 11.8 Å². The molecule has 1 aromatic heterocycles. The summed E-state index contributed by atoms with van der Waals surface area (Å²) in [5.74, 6) is -0.582. The van der Waals surface area contributed by atoms with Crippen molar-refractivity contribution >= 4 is 23.2 Å². The van der Waals surface area contributed by atoms with E-state index in [0.717, 1.165) is 21.7 Å². The third kappa shape index (κ3) is 5.39. The van der Waals surface area contributed by atoms with Crippen LogP contribution < -0.4 is 15.6 Å². The molecular formula is C18H17N5O6. The van der Waals surface area contributed by atoms with Crippen molar-refractivity contribution in [3.63, 3.8) is 0 Å². The summed E-state index contributed by atoms with van der Waals surface area (Å²) in [6.07, 6.45) is 0.880. The van der Waals surface area contributed by atoms with Crippen LogP contribution in [-0.2, 0) is 16.1 Å². The van der Waals surface area contributed by atoms with Crippen LogP contribution >= 0.6 is 0 Å². The summed E-state index contributed by atoms with van der Waals surface area (Å²) in [5, 5.41) is 22.5. The largest absolute Gasteiger partial charge is 0.497 e. The van der Waals surface area contributed by atoms with E-state index < -0.39 is 40.1 Å². The average molecular weight is 399 g/mol. The van der Waals surface area contributed by atoms with Crippen molar-refractivity contribution in [2.75, 3.05) is 26.0 Å². The van der Waals surface area contributed by atoms with E-state index in [1.54, 1.807) is 30.3 Å². The Labute approximate surface area is 164 Å². The number of amides is 2. The van der Waals surface area contributed by atoms with Crippen LogP contribution in [-0.4, -0.2) is 46.9 Å². The number of nitriles is 1. The summed E-state index contributed by atoms with van der Waals surface area (Å²) in [5.41, 5.74) is -1.30. The summed E-state index contributed by atoms with van der Waals surface area (Å²) in [6, 6.07) is 9.05. The topological polar surface area (TPSA) is 148 Å². The highest BCUT2D eigenvalue weighted by Crippen LogP contribution is 2.16. The number of nitro groups is 1. The summed E-state index contributed by atoms with van der Waals surface area (Å²) in [7, 11) is 2.84. The molecule has 0 saturated carbocycles. The van der Waals surface area contributed by atoms with Gasteiger partial charge in [-0.2, -0.15) is 5.26 Å². The lowest BCUT2D eigenvalue weighted by molar-refractivity contribution is -0.385. The van der Waals surface area contributed by atoms with E-state index in [1.807, 2.05) is 0 Å². The zero-order valence-electron chi connectivity index (χ0n) is 15.6. The Morgan fingerprint density at radius 3 is 2.72 bits per heavy atom. The first kappa shape index (κ1) is 21.1. The van der Waals surface area contributed by atoms with Crippen LogP contribution in [0, 0.1) is 21.4 Å². The van der Waals surface area contributed by atoms with Gasteiger partial charge in [0.05, 0.1) is 24.8 Å². The first-order chi connectivity index (χ1) is 13.7. The third-order valence-corrected chi connectivity index (χ3v) is 3.87. The SMILES string of the molecule is COc1cccc(NC(=O)CN(C)C(=O)Cn2cc([N+](=O)[O-])cc(C#N)c2=O)c1. The Kier molecular flexibility index (Phi) is 6.65. The maximum absolute atomic E-state index is 12.3. The van der Waals surface area contributed by atoms with Gasteiger partial charge in [-0.3, -0.25) is 29.1 Å². The van der Waals surface area contributed by atoms with Crippen molar-refractivity contribution in [1.29, 1.82) is 5.26 Å². The predicted octanol–water partition coefficient (Wildman–Crippen LogP) is 0.734. The molecule has 1 heterocycles. The van der Waals surface area contributed by atoms with Crippen LogP contribution in [0.5, 0.6) is 5.75 Å². The van der Waals surface area contributed by atoms with Crippen molar-refractivity contribution < 1.29 is 19.2 Å². The number of ether oxygens (including phenoxy) is 1. The zero-order valence-corrected chi connectivity index (χ0v) is 15.6. The van der Waals surface area contributed by atoms with Crippen LogP contribution in [0.25, 0.3) is 0 Å². The molecule has 0 aliphatic carbocycles. The Morgan fingerprint density at radius 2 is 2.10 bits per heavy atom. The second-order valence-corrected chi connectivity index (χ2v) is 5.94. The van der Waals surface area contributed by atoms with E-state index in [0.29, 0.717) is 11.4 Å². The van der Waals surface area contributed by atoms with Crippen molar-refractivity contribution in [3.05, 3.63) is 62.6 Å². The minimum atomic E-state index is -0.833. The van der Waals surface area contributed by atoms with Gasteiger partial charge in [-0.05, 0) is 12.1 Å². The number of aromatic nitrogens is 1. The number of likely N-dealkylation sites (N-methyl/N-ethyl adjacent to an activating group) is 1. The minimum Gasteiger partial charge on any atom is -0.497 e. The Balaban J connectivity index is 2.08. The predicted molar refractivity (Wildman–Crippen MR) is 101 cm³/mol. The number of carbonyl (C=O) groups is 2. The molecule has 0 atom stereocenters. The first-order valence-electron chi connectivity index (χ1n) is 8.22. The van der Waals surface area contributed by atoms with Crippen LogP contribution in [0.2, 0.25) is 0 Å². The Morgan fingerprint density at radius 1 is 1.38 bits per heavy atom. The number of hydrogen-bond donors (Lipinski definition) is 1. The standard InChI is InChI=1S/C18H17N5O6/c1-21(10-16(24)20-13-4-3-5-15(7-13)29-2)17(25)11-22-9-14(23(27)28)6-12(8-19)18(22)26/h3-7,9H,10-11H2,1-2H3,(H,20,24). The molecule has 11 heteroatoms. The number of nitrogens with zero attached hydrogens (tertiary/aromatic N) is 4. The second kappa shape index (κ2) is 9.14. The molecule has 150 valence electrons. The minimum absolute atomic E-state index is 0.315. The number of nitrogens with one attached hydrogen (secondary N) is 1. The third-order valence-electron chi connectivity index (χ3n) is 3.87. The van der Waals surface area contributed by atoms with Gasteiger partial charge in [0.1, 0.15) is 23.9 Å². The number of hydrogen-bond acceptors (Lipinski definition) is 7. The van der Waals surface area contributed by atoms with E-state index in [2.05, 4.69) is 5.32 Å². The highest BCUT2D eigenvalue weighted by Gasteiger charge is 2.18. The first-order valence-corrected chi connectivity index (χ1v) is 8.22. The summed E-state index contributed by atoms with van der Waals surface area (Å²) >= 11 is 0. The lowest BCUT2D eigenvalue weighted by Gasteiger charge is -2.17. The molecule has 29 heavy (non-hydrogen) atoms. The molecule has 2 aromatic rings. The molecule has 2 amide bonds. The van der Waals surface area contributed by atoms with Gasteiger partial charge in [0.2, 0.25) is 11.8 Å². The molecule has 1 N–H and O–H groups in total. The maximum Gasteiger partial charge on any atom is 0.287 e. The lowest BCUT2D eigenvalue weighted by Crippen LogP contribution is -2.38. The smallest absolute Gasteiger partial charge is 0.287 e. The summed E-state index contributed by atoms with van der Waals surface area (Å²) < 4.78 is 5.83. The molecule has 0 aliphatic heterocycles. The van der Waals surface area contributed by atoms with Crippen LogP contribution in [0.15, 0.2) is 41.3 Å². The Hall–Kier alpha value is -4.20. The van der Waals surface area contributed by atoms with E-state index >= 15 is 0 Å². The second-order valence-electron chi connectivity index (χ2n) is 5.94. The Bertz CT molecular complexity index is 1060. The van der Waals surface area contributed by atoms with Gasteiger partial charge in [0.15, 0.2) is 0 Å². The van der Waals surface area contributed by atoms with Crippen molar-refractivity contribution in [2.45, 2.75) is 6.54 Å². The van der Waals surface area contributed by atoms with Gasteiger partial charge in [-0.15, -0.1) is 0 Å². The quantitative estimate of drug-likeness (QED) is 0.533. The van der Waals surface area contributed by atoms with Crippen molar-refractivity contribution in [1.82, 2.24) is 9.47 Å². The number of benzene rings is 1. The van der Waals surface area contributed by atoms with Gasteiger partial charge < -0.3 is 15.0 Å². The molecule has 0 aliphatic rings. The molecule has 1 aromatic carbocycles. The zero-order chi connectivity index (χ0) is 21.6. The molecule has 0 radical (unpaired) electrons. The fourth-order valence-electron chi connectivity index (χ4n) is 2.39. The molecule has 0 saturated heterocycles. The monoisotopic (exact) mass is 399 g/mol. The molecule has 2 rings (SSSR count). The fraction of sp³-hybridized carbons (Fsp3) is 0.222. The van der Waals surface area contributed by atoms with Gasteiger partial charge >= 0.3 is 0 Å². The molecule has 0 bridgehead atoms. The molecular weight excluding hydrogens is 382 g/mol. The van der Waals surface area contributed by atoms with E-state index in [4.69, 9.17) is 10.00 Å². The average Bonchev–Trinajstić information content (AvgIpc) is 2.69. The summed E-state index contributed by atoms with van der Waals surface area (Å²) in [4.78, 5) is 47.8. The van der Waals surface area contributed by atoms with Gasteiger partial charge in [0, 0.05) is 24.9 Å². The van der Waals surface area contributed by atoms with Crippen LogP contribution in [0.4, 0.5) is 11.4 Å². The van der Waals surface area contributed by atoms with Crippen LogP contribution in [0.1, 0.15) is 5.56 Å². The molecule has 11 nitrogen and oxygen atoms in total. The number of carbonyl (C=O) groups excluding carboxylic acids is 2. The van der Waals surface area contributed by atoms with Crippen LogP contribution in [0.3, 0.4) is 0 Å². The summed E-state index contributed by atoms with van der Waals surface area (Å²) in [6.45, 7) is -0.872. The lowest BCUT2D eigenvalue weighted by atomic mass is 10.2. The van der Waals surface area contributed by atoms with E-state index in [9.17, 15) is 24.5 Å².